The van der Waals surface area contributed by atoms with Crippen molar-refractivity contribution >= 4 is 27.4 Å². The zero-order valence-corrected chi connectivity index (χ0v) is 22.7. The van der Waals surface area contributed by atoms with Crippen molar-refractivity contribution in [1.82, 2.24) is 4.31 Å². The van der Waals surface area contributed by atoms with Gasteiger partial charge in [-0.05, 0) is 53.6 Å². The van der Waals surface area contributed by atoms with Gasteiger partial charge in [0.2, 0.25) is 15.9 Å². The molecule has 3 aromatic rings. The van der Waals surface area contributed by atoms with Crippen LogP contribution in [0.25, 0.3) is 0 Å². The molecule has 1 saturated heterocycles. The lowest BCUT2D eigenvalue weighted by Crippen LogP contribution is -2.41. The van der Waals surface area contributed by atoms with Crippen LogP contribution in [0.1, 0.15) is 60.7 Å². The van der Waals surface area contributed by atoms with E-state index in [2.05, 4.69) is 26.1 Å². The molecule has 0 spiro atoms. The molecule has 0 aliphatic carbocycles. The van der Waals surface area contributed by atoms with Crippen LogP contribution in [0.2, 0.25) is 0 Å². The van der Waals surface area contributed by atoms with Gasteiger partial charge in [-0.15, -0.1) is 0 Å². The molecule has 200 valence electrons. The highest BCUT2D eigenvalue weighted by Gasteiger charge is 2.31. The number of carbonyl (C=O) groups is 2. The highest BCUT2D eigenvalue weighted by molar-refractivity contribution is 7.88. The summed E-state index contributed by atoms with van der Waals surface area (Å²) in [5.74, 6) is -1.27. The molecule has 1 fully saturated rings. The zero-order chi connectivity index (χ0) is 27.5. The van der Waals surface area contributed by atoms with E-state index in [1.54, 1.807) is 24.3 Å². The summed E-state index contributed by atoms with van der Waals surface area (Å²) in [6, 6.07) is 19.9. The third kappa shape index (κ3) is 6.74. The van der Waals surface area contributed by atoms with Gasteiger partial charge in [-0.3, -0.25) is 9.59 Å². The number of hydrogen-bond donors (Lipinski definition) is 1. The number of ketones is 1. The monoisotopic (exact) mass is 536 g/mol. The van der Waals surface area contributed by atoms with E-state index in [4.69, 9.17) is 0 Å². The fraction of sp³-hybridized carbons (Fsp3) is 0.333. The SMILES string of the molecule is CC(C)(C)c1ccc(C(=O)c2cccc(NC(=O)C3CCN(S(=O)(=O)Cc4ccc(F)cc4)CC3)c2)cc1. The molecule has 4 rings (SSSR count). The molecule has 3 aromatic carbocycles. The largest absolute Gasteiger partial charge is 0.326 e. The van der Waals surface area contributed by atoms with Crippen LogP contribution < -0.4 is 5.32 Å². The fourth-order valence-corrected chi connectivity index (χ4v) is 6.11. The van der Waals surface area contributed by atoms with Crippen molar-refractivity contribution in [2.45, 2.75) is 44.8 Å². The summed E-state index contributed by atoms with van der Waals surface area (Å²) in [6.07, 6.45) is 0.792. The lowest BCUT2D eigenvalue weighted by Gasteiger charge is -2.30. The molecule has 0 bridgehead atoms. The average Bonchev–Trinajstić information content (AvgIpc) is 2.89. The standard InChI is InChI=1S/C30H33FN2O4S/c1-30(2,3)25-11-9-22(10-12-25)28(34)24-5-4-6-27(19-24)32-29(35)23-15-17-33(18-16-23)38(36,37)20-21-7-13-26(31)14-8-21/h4-14,19,23H,15-18,20H2,1-3H3,(H,32,35). The number of nitrogens with one attached hydrogen (secondary N) is 1. The second-order valence-electron chi connectivity index (χ2n) is 10.8. The summed E-state index contributed by atoms with van der Waals surface area (Å²) < 4.78 is 40.1. The van der Waals surface area contributed by atoms with Gasteiger partial charge < -0.3 is 5.32 Å². The number of rotatable bonds is 7. The number of sulfonamides is 1. The molecule has 8 heteroatoms. The molecule has 0 saturated carbocycles. The van der Waals surface area contributed by atoms with Gasteiger partial charge in [-0.1, -0.05) is 69.3 Å². The molecular weight excluding hydrogens is 503 g/mol. The maximum absolute atomic E-state index is 13.1. The molecule has 1 N–H and O–H groups in total. The van der Waals surface area contributed by atoms with Crippen LogP contribution in [0.5, 0.6) is 0 Å². The first-order valence-electron chi connectivity index (χ1n) is 12.7. The number of amides is 1. The Hall–Kier alpha value is -3.36. The van der Waals surface area contributed by atoms with Gasteiger partial charge in [-0.25, -0.2) is 17.1 Å². The van der Waals surface area contributed by atoms with Gasteiger partial charge in [0.1, 0.15) is 5.82 Å². The zero-order valence-electron chi connectivity index (χ0n) is 21.9. The fourth-order valence-electron chi connectivity index (χ4n) is 4.55. The van der Waals surface area contributed by atoms with Gasteiger partial charge in [0, 0.05) is 35.8 Å². The molecule has 1 amide bonds. The Morgan fingerprint density at radius 1 is 0.921 bits per heavy atom. The summed E-state index contributed by atoms with van der Waals surface area (Å²) >= 11 is 0. The van der Waals surface area contributed by atoms with E-state index >= 15 is 0 Å². The van der Waals surface area contributed by atoms with Crippen LogP contribution in [0.15, 0.2) is 72.8 Å². The van der Waals surface area contributed by atoms with Crippen molar-refractivity contribution < 1.29 is 22.4 Å². The molecule has 0 atom stereocenters. The Balaban J connectivity index is 1.34. The third-order valence-corrected chi connectivity index (χ3v) is 8.74. The van der Waals surface area contributed by atoms with E-state index < -0.39 is 15.8 Å². The number of hydrogen-bond acceptors (Lipinski definition) is 4. The number of benzene rings is 3. The predicted octanol–water partition coefficient (Wildman–Crippen LogP) is 5.53. The number of carbonyl (C=O) groups excluding carboxylic acids is 2. The first-order chi connectivity index (χ1) is 17.9. The van der Waals surface area contributed by atoms with Crippen molar-refractivity contribution in [1.29, 1.82) is 0 Å². The van der Waals surface area contributed by atoms with Crippen molar-refractivity contribution in [3.63, 3.8) is 0 Å². The highest BCUT2D eigenvalue weighted by Crippen LogP contribution is 2.25. The number of anilines is 1. The molecule has 0 unspecified atom stereocenters. The molecule has 1 aliphatic heterocycles. The van der Waals surface area contributed by atoms with Gasteiger partial charge in [0.25, 0.3) is 0 Å². The Morgan fingerprint density at radius 2 is 1.55 bits per heavy atom. The Morgan fingerprint density at radius 3 is 2.16 bits per heavy atom. The molecule has 0 radical (unpaired) electrons. The first-order valence-corrected chi connectivity index (χ1v) is 14.3. The Bertz CT molecular complexity index is 1400. The van der Waals surface area contributed by atoms with E-state index in [1.807, 2.05) is 24.3 Å². The lowest BCUT2D eigenvalue weighted by atomic mass is 9.86. The molecule has 1 heterocycles. The molecule has 0 aromatic heterocycles. The van der Waals surface area contributed by atoms with Gasteiger partial charge in [-0.2, -0.15) is 0 Å². The Kier molecular flexibility index (Phi) is 8.13. The average molecular weight is 537 g/mol. The van der Waals surface area contributed by atoms with E-state index in [0.29, 0.717) is 35.2 Å². The first kappa shape index (κ1) is 27.7. The number of nitrogens with zero attached hydrogens (tertiary/aromatic N) is 1. The maximum atomic E-state index is 13.1. The van der Waals surface area contributed by atoms with Crippen LogP contribution in [0.4, 0.5) is 10.1 Å². The van der Waals surface area contributed by atoms with Crippen LogP contribution >= 0.6 is 0 Å². The van der Waals surface area contributed by atoms with E-state index in [-0.39, 0.29) is 41.9 Å². The minimum Gasteiger partial charge on any atom is -0.326 e. The van der Waals surface area contributed by atoms with E-state index in [9.17, 15) is 22.4 Å². The van der Waals surface area contributed by atoms with Gasteiger partial charge >= 0.3 is 0 Å². The quantitative estimate of drug-likeness (QED) is 0.402. The maximum Gasteiger partial charge on any atom is 0.227 e. The smallest absolute Gasteiger partial charge is 0.227 e. The molecule has 1 aliphatic rings. The minimum absolute atomic E-state index is 0.00525. The van der Waals surface area contributed by atoms with Crippen molar-refractivity contribution in [2.24, 2.45) is 5.92 Å². The normalized spacial score (nSPS) is 15.3. The van der Waals surface area contributed by atoms with Crippen LogP contribution in [-0.2, 0) is 26.0 Å². The summed E-state index contributed by atoms with van der Waals surface area (Å²) in [4.78, 5) is 26.0. The minimum atomic E-state index is -3.57. The summed E-state index contributed by atoms with van der Waals surface area (Å²) in [5.41, 5.74) is 3.24. The summed E-state index contributed by atoms with van der Waals surface area (Å²) in [6.45, 7) is 6.83. The van der Waals surface area contributed by atoms with Crippen LogP contribution in [0, 0.1) is 11.7 Å². The van der Waals surface area contributed by atoms with Crippen LogP contribution in [0.3, 0.4) is 0 Å². The third-order valence-electron chi connectivity index (χ3n) is 6.89. The topological polar surface area (TPSA) is 83.6 Å². The molecular formula is C30H33FN2O4S. The molecule has 6 nitrogen and oxygen atoms in total. The van der Waals surface area contributed by atoms with Crippen molar-refractivity contribution in [3.05, 3.63) is 101 Å². The highest BCUT2D eigenvalue weighted by atomic mass is 32.2. The Labute approximate surface area is 223 Å². The van der Waals surface area contributed by atoms with Crippen LogP contribution in [-0.4, -0.2) is 37.5 Å². The van der Waals surface area contributed by atoms with Crippen molar-refractivity contribution in [3.8, 4) is 0 Å². The lowest BCUT2D eigenvalue weighted by molar-refractivity contribution is -0.120. The second kappa shape index (κ2) is 11.2. The van der Waals surface area contributed by atoms with Gasteiger partial charge in [0.05, 0.1) is 5.75 Å². The van der Waals surface area contributed by atoms with E-state index in [1.165, 1.54) is 28.6 Å². The molecule has 38 heavy (non-hydrogen) atoms. The van der Waals surface area contributed by atoms with E-state index in [0.717, 1.165) is 5.56 Å². The number of halogens is 1. The summed E-state index contributed by atoms with van der Waals surface area (Å²) in [7, 11) is -3.57. The summed E-state index contributed by atoms with van der Waals surface area (Å²) in [5, 5.41) is 2.89. The van der Waals surface area contributed by atoms with Gasteiger partial charge in [0.15, 0.2) is 5.78 Å². The van der Waals surface area contributed by atoms with Crippen molar-refractivity contribution in [2.75, 3.05) is 18.4 Å². The predicted molar refractivity (Wildman–Crippen MR) is 147 cm³/mol. The number of piperidine rings is 1. The second-order valence-corrected chi connectivity index (χ2v) is 12.8.